The van der Waals surface area contributed by atoms with Crippen LogP contribution in [0, 0.1) is 5.82 Å². The monoisotopic (exact) mass is 468 g/mol. The molecule has 4 aromatic rings. The Balaban J connectivity index is 1.40. The third-order valence-electron chi connectivity index (χ3n) is 7.14. The van der Waals surface area contributed by atoms with Crippen LogP contribution in [0.15, 0.2) is 72.8 Å². The number of hydrogen-bond acceptors (Lipinski definition) is 3. The Morgan fingerprint density at radius 3 is 2.63 bits per heavy atom. The largest absolute Gasteiger partial charge is 0.350 e. The highest BCUT2D eigenvalue weighted by Gasteiger charge is 2.42. The molecule has 0 fully saturated rings. The summed E-state index contributed by atoms with van der Waals surface area (Å²) < 4.78 is 16.1. The third kappa shape index (κ3) is 3.38. The number of carbonyl (C=O) groups excluding carboxylic acids is 2. The number of anilines is 1. The van der Waals surface area contributed by atoms with E-state index in [1.807, 2.05) is 59.0 Å². The summed E-state index contributed by atoms with van der Waals surface area (Å²) in [6.45, 7) is 0.815. The van der Waals surface area contributed by atoms with Crippen molar-refractivity contribution < 1.29 is 14.0 Å². The molecule has 35 heavy (non-hydrogen) atoms. The van der Waals surface area contributed by atoms with Gasteiger partial charge in [-0.15, -0.1) is 0 Å². The summed E-state index contributed by atoms with van der Waals surface area (Å²) >= 11 is 0. The van der Waals surface area contributed by atoms with Crippen molar-refractivity contribution in [3.63, 3.8) is 0 Å². The summed E-state index contributed by atoms with van der Waals surface area (Å²) in [6, 6.07) is 22.2. The molecule has 0 bridgehead atoms. The molecule has 1 aromatic heterocycles. The zero-order chi connectivity index (χ0) is 24.1. The highest BCUT2D eigenvalue weighted by Crippen LogP contribution is 2.44. The highest BCUT2D eigenvalue weighted by atomic mass is 19.1. The van der Waals surface area contributed by atoms with Gasteiger partial charge in [0.2, 0.25) is 5.91 Å². The first-order valence-electron chi connectivity index (χ1n) is 11.8. The zero-order valence-electron chi connectivity index (χ0n) is 19.4. The number of fused-ring (bicyclic) bond motifs is 6. The van der Waals surface area contributed by atoms with Gasteiger partial charge in [-0.2, -0.15) is 0 Å². The number of hydrogen-bond donors (Lipinski definition) is 1. The first kappa shape index (κ1) is 21.4. The molecule has 0 radical (unpaired) electrons. The van der Waals surface area contributed by atoms with Crippen LogP contribution in [0.3, 0.4) is 0 Å². The van der Waals surface area contributed by atoms with Crippen LogP contribution in [0.4, 0.5) is 10.1 Å². The fourth-order valence-corrected chi connectivity index (χ4v) is 5.51. The van der Waals surface area contributed by atoms with Gasteiger partial charge < -0.3 is 19.7 Å². The lowest BCUT2D eigenvalue weighted by atomic mass is 9.96. The average Bonchev–Trinajstić information content (AvgIpc) is 3.20. The molecule has 176 valence electrons. The molecule has 6 nitrogen and oxygen atoms in total. The van der Waals surface area contributed by atoms with Gasteiger partial charge in [0.25, 0.3) is 5.91 Å². The van der Waals surface area contributed by atoms with Crippen LogP contribution < -0.4 is 10.2 Å². The molecule has 1 N–H and O–H groups in total. The first-order chi connectivity index (χ1) is 17.0. The summed E-state index contributed by atoms with van der Waals surface area (Å²) in [7, 11) is 2.00. The van der Waals surface area contributed by atoms with Crippen molar-refractivity contribution in [2.45, 2.75) is 25.7 Å². The van der Waals surface area contributed by atoms with Crippen molar-refractivity contribution in [2.75, 3.05) is 18.5 Å². The predicted molar refractivity (Wildman–Crippen MR) is 133 cm³/mol. The van der Waals surface area contributed by atoms with Crippen molar-refractivity contribution in [1.29, 1.82) is 0 Å². The van der Waals surface area contributed by atoms with Crippen molar-refractivity contribution in [1.82, 2.24) is 14.8 Å². The van der Waals surface area contributed by atoms with Crippen LogP contribution in [0.1, 0.15) is 33.3 Å². The number of nitrogens with one attached hydrogen (secondary N) is 1. The number of carbonyl (C=O) groups is 2. The Labute approximate surface area is 202 Å². The molecule has 0 saturated heterocycles. The van der Waals surface area contributed by atoms with E-state index in [1.54, 1.807) is 18.2 Å². The van der Waals surface area contributed by atoms with E-state index in [0.29, 0.717) is 17.7 Å². The van der Waals surface area contributed by atoms with Crippen LogP contribution in [0.5, 0.6) is 0 Å². The maximum atomic E-state index is 14.0. The molecule has 2 aliphatic heterocycles. The Morgan fingerprint density at radius 2 is 1.77 bits per heavy atom. The summed E-state index contributed by atoms with van der Waals surface area (Å²) in [5, 5.41) is 3.96. The molecule has 7 heteroatoms. The maximum Gasteiger partial charge on any atom is 0.257 e. The number of rotatable bonds is 4. The van der Waals surface area contributed by atoms with Gasteiger partial charge in [0.05, 0.1) is 16.9 Å². The summed E-state index contributed by atoms with van der Waals surface area (Å²) in [6.07, 6.45) is 0.408. The van der Waals surface area contributed by atoms with Crippen LogP contribution in [-0.2, 0) is 24.3 Å². The van der Waals surface area contributed by atoms with Gasteiger partial charge in [-0.05, 0) is 36.2 Å². The van der Waals surface area contributed by atoms with Crippen LogP contribution >= 0.6 is 0 Å². The molecule has 2 amide bonds. The van der Waals surface area contributed by atoms with Gasteiger partial charge in [0, 0.05) is 36.6 Å². The molecule has 2 aliphatic rings. The number of aromatic nitrogens is 1. The first-order valence-corrected chi connectivity index (χ1v) is 11.8. The minimum absolute atomic E-state index is 0.00941. The molecule has 0 aliphatic carbocycles. The minimum atomic E-state index is -0.340. The molecule has 0 unspecified atom stereocenters. The molecule has 3 aromatic carbocycles. The van der Waals surface area contributed by atoms with E-state index >= 15 is 0 Å². The smallest absolute Gasteiger partial charge is 0.257 e. The van der Waals surface area contributed by atoms with Gasteiger partial charge in [-0.3, -0.25) is 9.59 Å². The van der Waals surface area contributed by atoms with Crippen molar-refractivity contribution in [2.24, 2.45) is 0 Å². The molecule has 0 spiro atoms. The zero-order valence-corrected chi connectivity index (χ0v) is 19.4. The molecular weight excluding hydrogens is 443 g/mol. The second-order valence-corrected chi connectivity index (χ2v) is 9.09. The second-order valence-electron chi connectivity index (χ2n) is 9.09. The van der Waals surface area contributed by atoms with E-state index in [9.17, 15) is 14.0 Å². The lowest BCUT2D eigenvalue weighted by Crippen LogP contribution is -2.51. The van der Waals surface area contributed by atoms with Gasteiger partial charge in [-0.1, -0.05) is 48.5 Å². The van der Waals surface area contributed by atoms with E-state index < -0.39 is 0 Å². The third-order valence-corrected chi connectivity index (χ3v) is 7.14. The van der Waals surface area contributed by atoms with Crippen molar-refractivity contribution in [3.8, 4) is 0 Å². The standard InChI is InChI=1S/C28H25FN4O2/c1-31-23-12-6-4-10-21(23)28(35)32-15-14-20-19-9-3-7-13-24(19)33(26(20)27(31)32)17-25(34)30-16-18-8-2-5-11-22(18)29/h2-13,27H,14-17H2,1H3,(H,30,34)/t27-/m1/s1. The molecule has 3 heterocycles. The Hall–Kier alpha value is -4.13. The Morgan fingerprint density at radius 1 is 1.03 bits per heavy atom. The van der Waals surface area contributed by atoms with Crippen LogP contribution in [0.25, 0.3) is 10.9 Å². The van der Waals surface area contributed by atoms with Gasteiger partial charge in [0.1, 0.15) is 18.5 Å². The number of amides is 2. The van der Waals surface area contributed by atoms with Crippen LogP contribution in [-0.4, -0.2) is 34.9 Å². The number of para-hydroxylation sites is 2. The summed E-state index contributed by atoms with van der Waals surface area (Å²) in [5.74, 6) is -0.539. The van der Waals surface area contributed by atoms with Gasteiger partial charge in [-0.25, -0.2) is 4.39 Å². The lowest BCUT2D eigenvalue weighted by molar-refractivity contribution is -0.121. The predicted octanol–water partition coefficient (Wildman–Crippen LogP) is 4.24. The molecular formula is C28H25FN4O2. The van der Waals surface area contributed by atoms with E-state index in [-0.39, 0.29) is 36.9 Å². The SMILES string of the molecule is CN1c2ccccc2C(=O)N2CCc3c(n(CC(=O)NCc4ccccc4F)c4ccccc34)[C@@H]21. The minimum Gasteiger partial charge on any atom is -0.350 e. The maximum absolute atomic E-state index is 14.0. The number of benzene rings is 3. The topological polar surface area (TPSA) is 57.6 Å². The highest BCUT2D eigenvalue weighted by molar-refractivity contribution is 6.02. The lowest BCUT2D eigenvalue weighted by Gasteiger charge is -2.46. The fraction of sp³-hybridized carbons (Fsp3) is 0.214. The second kappa shape index (κ2) is 8.27. The molecule has 0 saturated carbocycles. The van der Waals surface area contributed by atoms with Gasteiger partial charge in [0.15, 0.2) is 0 Å². The van der Waals surface area contributed by atoms with E-state index in [4.69, 9.17) is 0 Å². The number of halogens is 1. The van der Waals surface area contributed by atoms with Crippen molar-refractivity contribution in [3.05, 3.63) is 101 Å². The summed E-state index contributed by atoms with van der Waals surface area (Å²) in [4.78, 5) is 30.5. The fourth-order valence-electron chi connectivity index (χ4n) is 5.51. The van der Waals surface area contributed by atoms with Crippen LogP contribution in [0.2, 0.25) is 0 Å². The Bertz CT molecular complexity index is 1480. The Kier molecular flexibility index (Phi) is 5.06. The summed E-state index contributed by atoms with van der Waals surface area (Å²) in [5.41, 5.74) is 5.11. The molecule has 1 atom stereocenters. The van der Waals surface area contributed by atoms with Gasteiger partial charge >= 0.3 is 0 Å². The number of nitrogens with zero attached hydrogens (tertiary/aromatic N) is 3. The van der Waals surface area contributed by atoms with Crippen molar-refractivity contribution >= 4 is 28.4 Å². The average molecular weight is 469 g/mol. The van der Waals surface area contributed by atoms with E-state index in [1.165, 1.54) is 11.6 Å². The van der Waals surface area contributed by atoms with E-state index in [2.05, 4.69) is 16.3 Å². The van der Waals surface area contributed by atoms with E-state index in [0.717, 1.165) is 28.7 Å². The normalized spacial score (nSPS) is 16.6. The quantitative estimate of drug-likeness (QED) is 0.487. The molecule has 6 rings (SSSR count).